The molecular formula is C13H16N2O2S. The summed E-state index contributed by atoms with van der Waals surface area (Å²) in [5.74, 6) is 0.693. The number of benzene rings is 1. The van der Waals surface area contributed by atoms with Crippen molar-refractivity contribution < 1.29 is 9.53 Å². The van der Waals surface area contributed by atoms with Crippen LogP contribution in [0.4, 0.5) is 0 Å². The molecule has 1 aliphatic rings. The van der Waals surface area contributed by atoms with Gasteiger partial charge in [-0.1, -0.05) is 30.4 Å². The van der Waals surface area contributed by atoms with Crippen LogP contribution < -0.4 is 10.5 Å². The number of likely N-dealkylation sites (N-methyl/N-ethyl adjacent to an activating group) is 1. The minimum absolute atomic E-state index is 0.0912. The lowest BCUT2D eigenvalue weighted by atomic mass is 10.1. The van der Waals surface area contributed by atoms with Gasteiger partial charge in [0.25, 0.3) is 5.91 Å². The third-order valence-electron chi connectivity index (χ3n) is 3.26. The van der Waals surface area contributed by atoms with Crippen molar-refractivity contribution in [3.8, 4) is 5.75 Å². The van der Waals surface area contributed by atoms with Gasteiger partial charge < -0.3 is 15.4 Å². The van der Waals surface area contributed by atoms with E-state index in [0.29, 0.717) is 11.4 Å². The third kappa shape index (κ3) is 2.31. The average Bonchev–Trinajstić information content (AvgIpc) is 2.79. The Balaban J connectivity index is 2.07. The predicted octanol–water partition coefficient (Wildman–Crippen LogP) is 1.12. The van der Waals surface area contributed by atoms with Crippen LogP contribution in [0.3, 0.4) is 0 Å². The molecule has 0 spiro atoms. The van der Waals surface area contributed by atoms with Gasteiger partial charge in [0.1, 0.15) is 5.75 Å². The predicted molar refractivity (Wildman–Crippen MR) is 73.6 cm³/mol. The summed E-state index contributed by atoms with van der Waals surface area (Å²) in [4.78, 5) is 14.1. The second-order valence-corrected chi connectivity index (χ2v) is 4.92. The van der Waals surface area contributed by atoms with Crippen LogP contribution >= 0.6 is 12.2 Å². The average molecular weight is 264 g/mol. The molecule has 1 aliphatic heterocycles. The number of thiocarbonyl (C=S) groups is 1. The summed E-state index contributed by atoms with van der Waals surface area (Å²) in [6.07, 6.45) is 0.132. The highest BCUT2D eigenvalue weighted by Gasteiger charge is 2.32. The highest BCUT2D eigenvalue weighted by molar-refractivity contribution is 7.80. The Hall–Kier alpha value is -1.62. The van der Waals surface area contributed by atoms with Gasteiger partial charge in [-0.3, -0.25) is 4.79 Å². The van der Waals surface area contributed by atoms with Crippen LogP contribution in [-0.2, 0) is 11.2 Å². The van der Waals surface area contributed by atoms with Gasteiger partial charge >= 0.3 is 0 Å². The molecule has 1 aromatic carbocycles. The van der Waals surface area contributed by atoms with Crippen LogP contribution in [0.2, 0.25) is 0 Å². The smallest absolute Gasteiger partial charge is 0.264 e. The van der Waals surface area contributed by atoms with Crippen LogP contribution in [0.5, 0.6) is 5.75 Å². The molecule has 1 aromatic rings. The Labute approximate surface area is 112 Å². The van der Waals surface area contributed by atoms with Crippen molar-refractivity contribution >= 4 is 23.1 Å². The SMILES string of the molecule is CC(C(N)=S)N(C)C(=O)C1Cc2ccccc2O1. The maximum absolute atomic E-state index is 12.2. The van der Waals surface area contributed by atoms with E-state index in [9.17, 15) is 4.79 Å². The number of amides is 1. The molecule has 0 radical (unpaired) electrons. The molecule has 2 unspecified atom stereocenters. The first-order valence-corrected chi connectivity index (χ1v) is 6.22. The standard InChI is InChI=1S/C13H16N2O2S/c1-8(12(14)18)15(2)13(16)11-7-9-5-3-4-6-10(9)17-11/h3-6,8,11H,7H2,1-2H3,(H2,14,18). The molecule has 2 N–H and O–H groups in total. The Morgan fingerprint density at radius 1 is 1.56 bits per heavy atom. The van der Waals surface area contributed by atoms with Crippen molar-refractivity contribution in [2.75, 3.05) is 7.05 Å². The number of para-hydroxylation sites is 1. The number of fused-ring (bicyclic) bond motifs is 1. The number of rotatable bonds is 3. The van der Waals surface area contributed by atoms with Crippen LogP contribution in [0, 0.1) is 0 Å². The van der Waals surface area contributed by atoms with E-state index < -0.39 is 6.10 Å². The van der Waals surface area contributed by atoms with E-state index in [-0.39, 0.29) is 11.9 Å². The second kappa shape index (κ2) is 4.94. The molecule has 4 nitrogen and oxygen atoms in total. The lowest BCUT2D eigenvalue weighted by molar-refractivity contribution is -0.137. The fourth-order valence-corrected chi connectivity index (χ4v) is 2.09. The molecule has 0 bridgehead atoms. The summed E-state index contributed by atoms with van der Waals surface area (Å²) in [5, 5.41) is 0. The highest BCUT2D eigenvalue weighted by atomic mass is 32.1. The van der Waals surface area contributed by atoms with Crippen LogP contribution in [0.1, 0.15) is 12.5 Å². The molecule has 18 heavy (non-hydrogen) atoms. The molecular weight excluding hydrogens is 248 g/mol. The zero-order valence-electron chi connectivity index (χ0n) is 10.4. The molecule has 2 atom stereocenters. The number of hydrogen-bond acceptors (Lipinski definition) is 3. The molecule has 0 aliphatic carbocycles. The van der Waals surface area contributed by atoms with Crippen LogP contribution in [0.15, 0.2) is 24.3 Å². The summed E-state index contributed by atoms with van der Waals surface area (Å²) >= 11 is 4.90. The van der Waals surface area contributed by atoms with Gasteiger partial charge in [0.15, 0.2) is 6.10 Å². The summed E-state index contributed by atoms with van der Waals surface area (Å²) in [6.45, 7) is 1.81. The second-order valence-electron chi connectivity index (χ2n) is 4.45. The Morgan fingerprint density at radius 3 is 2.83 bits per heavy atom. The molecule has 96 valence electrons. The van der Waals surface area contributed by atoms with E-state index in [4.69, 9.17) is 22.7 Å². The normalized spacial score (nSPS) is 18.7. The van der Waals surface area contributed by atoms with E-state index in [0.717, 1.165) is 11.3 Å². The van der Waals surface area contributed by atoms with E-state index in [1.807, 2.05) is 31.2 Å². The number of carbonyl (C=O) groups is 1. The fourth-order valence-electron chi connectivity index (χ4n) is 1.93. The van der Waals surface area contributed by atoms with Crippen molar-refractivity contribution in [1.82, 2.24) is 4.90 Å². The van der Waals surface area contributed by atoms with Gasteiger partial charge in [0.2, 0.25) is 0 Å². The summed E-state index contributed by atoms with van der Waals surface area (Å²) in [6, 6.07) is 7.42. The molecule has 0 fully saturated rings. The van der Waals surface area contributed by atoms with Gasteiger partial charge in [-0.15, -0.1) is 0 Å². The molecule has 0 saturated carbocycles. The highest BCUT2D eigenvalue weighted by Crippen LogP contribution is 2.28. The van der Waals surface area contributed by atoms with E-state index in [1.54, 1.807) is 11.9 Å². The lowest BCUT2D eigenvalue weighted by Crippen LogP contribution is -2.48. The Bertz CT molecular complexity index is 465. The van der Waals surface area contributed by atoms with Crippen molar-refractivity contribution in [1.29, 1.82) is 0 Å². The number of nitrogens with two attached hydrogens (primary N) is 1. The van der Waals surface area contributed by atoms with Gasteiger partial charge in [-0.25, -0.2) is 0 Å². The quantitative estimate of drug-likeness (QED) is 0.831. The van der Waals surface area contributed by atoms with E-state index in [1.165, 1.54) is 0 Å². The molecule has 5 heteroatoms. The maximum atomic E-state index is 12.2. The zero-order chi connectivity index (χ0) is 13.3. The first-order valence-electron chi connectivity index (χ1n) is 5.81. The topological polar surface area (TPSA) is 55.6 Å². The monoisotopic (exact) mass is 264 g/mol. The molecule has 1 amide bonds. The van der Waals surface area contributed by atoms with Gasteiger partial charge in [0, 0.05) is 13.5 Å². The van der Waals surface area contributed by atoms with Crippen molar-refractivity contribution in [2.45, 2.75) is 25.5 Å². The van der Waals surface area contributed by atoms with E-state index in [2.05, 4.69) is 0 Å². The molecule has 0 aromatic heterocycles. The van der Waals surface area contributed by atoms with Crippen LogP contribution in [-0.4, -0.2) is 35.0 Å². The van der Waals surface area contributed by atoms with Crippen molar-refractivity contribution in [3.63, 3.8) is 0 Å². The third-order valence-corrected chi connectivity index (χ3v) is 3.60. The minimum Gasteiger partial charge on any atom is -0.480 e. The maximum Gasteiger partial charge on any atom is 0.264 e. The first-order chi connectivity index (χ1) is 8.50. The van der Waals surface area contributed by atoms with Crippen molar-refractivity contribution in [3.05, 3.63) is 29.8 Å². The number of hydrogen-bond donors (Lipinski definition) is 1. The summed E-state index contributed by atoms with van der Waals surface area (Å²) in [5.41, 5.74) is 6.62. The lowest BCUT2D eigenvalue weighted by Gasteiger charge is -2.26. The van der Waals surface area contributed by atoms with Gasteiger partial charge in [-0.05, 0) is 18.6 Å². The zero-order valence-corrected chi connectivity index (χ0v) is 11.2. The number of carbonyl (C=O) groups excluding carboxylic acids is 1. The Morgan fingerprint density at radius 2 is 2.22 bits per heavy atom. The number of nitrogens with zero attached hydrogens (tertiary/aromatic N) is 1. The van der Waals surface area contributed by atoms with Crippen molar-refractivity contribution in [2.24, 2.45) is 5.73 Å². The summed E-state index contributed by atoms with van der Waals surface area (Å²) < 4.78 is 5.64. The first kappa shape index (κ1) is 12.8. The largest absolute Gasteiger partial charge is 0.480 e. The van der Waals surface area contributed by atoms with Crippen LogP contribution in [0.25, 0.3) is 0 Å². The molecule has 0 saturated heterocycles. The minimum atomic E-state index is -0.468. The van der Waals surface area contributed by atoms with Gasteiger partial charge in [-0.2, -0.15) is 0 Å². The molecule has 1 heterocycles. The summed E-state index contributed by atoms with van der Waals surface area (Å²) in [7, 11) is 1.69. The number of ether oxygens (including phenoxy) is 1. The Kier molecular flexibility index (Phi) is 3.52. The molecule has 2 rings (SSSR count). The van der Waals surface area contributed by atoms with Gasteiger partial charge in [0.05, 0.1) is 11.0 Å². The fraction of sp³-hybridized carbons (Fsp3) is 0.385. The van der Waals surface area contributed by atoms with E-state index >= 15 is 0 Å².